The molecule has 0 bridgehead atoms. The first-order chi connectivity index (χ1) is 21.8. The van der Waals surface area contributed by atoms with Gasteiger partial charge in [-0.3, -0.25) is 14.8 Å². The topological polar surface area (TPSA) is 131 Å². The summed E-state index contributed by atoms with van der Waals surface area (Å²) in [5.74, 6) is 0.935. The molecule has 1 aliphatic heterocycles. The minimum Gasteiger partial charge on any atom is -0.480 e. The number of aromatic nitrogens is 4. The number of ether oxygens (including phenoxy) is 2. The first-order valence-corrected chi connectivity index (χ1v) is 15.6. The van der Waals surface area contributed by atoms with Gasteiger partial charge in [0.15, 0.2) is 0 Å². The van der Waals surface area contributed by atoms with Gasteiger partial charge in [0.2, 0.25) is 17.7 Å². The van der Waals surface area contributed by atoms with Crippen LogP contribution >= 0.6 is 23.2 Å². The normalized spacial score (nSPS) is 15.2. The Kier molecular flexibility index (Phi) is 10.8. The van der Waals surface area contributed by atoms with Crippen LogP contribution in [-0.2, 0) is 17.8 Å². The van der Waals surface area contributed by atoms with Gasteiger partial charge in [-0.25, -0.2) is 9.97 Å². The largest absolute Gasteiger partial charge is 0.480 e. The van der Waals surface area contributed by atoms with Crippen LogP contribution in [0.4, 0.5) is 0 Å². The molecular formula is C33H36Cl2N6O4. The molecule has 1 fully saturated rings. The average molecular weight is 652 g/mol. The molecule has 0 spiro atoms. The van der Waals surface area contributed by atoms with E-state index in [2.05, 4.69) is 25.6 Å². The molecular weight excluding hydrogens is 615 g/mol. The molecule has 1 saturated heterocycles. The Morgan fingerprint density at radius 2 is 1.49 bits per heavy atom. The third-order valence-electron chi connectivity index (χ3n) is 7.63. The highest BCUT2D eigenvalue weighted by Gasteiger charge is 2.22. The predicted octanol–water partition coefficient (Wildman–Crippen LogP) is 5.66. The van der Waals surface area contributed by atoms with Gasteiger partial charge in [-0.1, -0.05) is 59.6 Å². The minimum absolute atomic E-state index is 0.121. The third-order valence-corrected chi connectivity index (χ3v) is 8.45. The number of nitrogens with one attached hydrogen (secondary N) is 2. The highest BCUT2D eigenvalue weighted by atomic mass is 35.5. The third kappa shape index (κ3) is 7.70. The Morgan fingerprint density at radius 3 is 2.02 bits per heavy atom. The Balaban J connectivity index is 1.39. The molecule has 2 atom stereocenters. The van der Waals surface area contributed by atoms with Gasteiger partial charge in [0, 0.05) is 47.8 Å². The van der Waals surface area contributed by atoms with E-state index >= 15 is 0 Å². The predicted molar refractivity (Wildman–Crippen MR) is 175 cm³/mol. The standard InChI is InChI=1S/C33H36Cl2N6O4/c1-19(42)15-36-16-28-33(45-3)41-27(18-38-28)24-11-6-9-22(31(24)35)21-8-5-10-23(30(21)34)26-17-37-25(32(40-26)44-2)12-4-7-20-13-14-29(43)39-20/h5-6,8-11,17-20,36,42H,4,7,12-16H2,1-3H3,(H,39,43)/t19-,20-/m1/s1. The van der Waals surface area contributed by atoms with Crippen LogP contribution in [0, 0.1) is 0 Å². The number of aryl methyl sites for hydroxylation is 1. The fraction of sp³-hybridized carbons (Fsp3) is 0.364. The van der Waals surface area contributed by atoms with Crippen molar-refractivity contribution in [1.29, 1.82) is 0 Å². The molecule has 4 aromatic rings. The number of rotatable bonds is 13. The molecule has 2 aromatic carbocycles. The molecule has 3 N–H and O–H groups in total. The van der Waals surface area contributed by atoms with E-state index in [1.807, 2.05) is 36.4 Å². The molecule has 2 aromatic heterocycles. The van der Waals surface area contributed by atoms with Crippen LogP contribution in [0.3, 0.4) is 0 Å². The lowest BCUT2D eigenvalue weighted by atomic mass is 9.98. The Hall–Kier alpha value is -3.83. The number of hydrogen-bond donors (Lipinski definition) is 3. The molecule has 5 rings (SSSR count). The monoisotopic (exact) mass is 650 g/mol. The quantitative estimate of drug-likeness (QED) is 0.168. The number of methoxy groups -OCH3 is 2. The van der Waals surface area contributed by atoms with E-state index in [0.717, 1.165) is 36.1 Å². The van der Waals surface area contributed by atoms with E-state index in [1.54, 1.807) is 26.4 Å². The second-order valence-electron chi connectivity index (χ2n) is 10.9. The summed E-state index contributed by atoms with van der Waals surface area (Å²) in [7, 11) is 3.12. The second-order valence-corrected chi connectivity index (χ2v) is 11.7. The molecule has 10 nitrogen and oxygen atoms in total. The lowest BCUT2D eigenvalue weighted by molar-refractivity contribution is -0.119. The van der Waals surface area contributed by atoms with Crippen molar-refractivity contribution >= 4 is 29.1 Å². The number of carbonyl (C=O) groups excluding carboxylic acids is 1. The lowest BCUT2D eigenvalue weighted by Crippen LogP contribution is -2.25. The zero-order chi connectivity index (χ0) is 31.9. The van der Waals surface area contributed by atoms with Gasteiger partial charge in [0.1, 0.15) is 11.4 Å². The van der Waals surface area contributed by atoms with Crippen LogP contribution in [0.15, 0.2) is 48.8 Å². The van der Waals surface area contributed by atoms with Crippen molar-refractivity contribution in [3.05, 3.63) is 70.2 Å². The van der Waals surface area contributed by atoms with Crippen LogP contribution in [0.5, 0.6) is 11.8 Å². The molecule has 3 heterocycles. The van der Waals surface area contributed by atoms with Crippen molar-refractivity contribution in [1.82, 2.24) is 30.6 Å². The molecule has 0 unspecified atom stereocenters. The summed E-state index contributed by atoms with van der Waals surface area (Å²) in [4.78, 5) is 30.1. The minimum atomic E-state index is -0.479. The number of amides is 1. The average Bonchev–Trinajstić information content (AvgIpc) is 3.46. The van der Waals surface area contributed by atoms with Crippen LogP contribution < -0.4 is 20.1 Å². The van der Waals surface area contributed by atoms with E-state index in [0.29, 0.717) is 75.9 Å². The maximum Gasteiger partial charge on any atom is 0.237 e. The summed E-state index contributed by atoms with van der Waals surface area (Å²) >= 11 is 14.0. The van der Waals surface area contributed by atoms with Crippen molar-refractivity contribution in [2.24, 2.45) is 0 Å². The van der Waals surface area contributed by atoms with Gasteiger partial charge in [-0.05, 0) is 32.6 Å². The van der Waals surface area contributed by atoms with Crippen LogP contribution in [0.25, 0.3) is 33.6 Å². The highest BCUT2D eigenvalue weighted by Crippen LogP contribution is 2.42. The number of aliphatic hydroxyl groups is 1. The van der Waals surface area contributed by atoms with Crippen LogP contribution in [0.2, 0.25) is 10.0 Å². The van der Waals surface area contributed by atoms with E-state index in [-0.39, 0.29) is 11.9 Å². The maximum absolute atomic E-state index is 11.5. The summed E-state index contributed by atoms with van der Waals surface area (Å²) < 4.78 is 11.1. The number of nitrogens with zero attached hydrogens (tertiary/aromatic N) is 4. The number of carbonyl (C=O) groups is 1. The number of hydrogen-bond acceptors (Lipinski definition) is 9. The van der Waals surface area contributed by atoms with E-state index in [4.69, 9.17) is 37.7 Å². The molecule has 1 aliphatic rings. The SMILES string of the molecule is COc1nc(-c2cccc(-c3cccc(-c4cnc(CNC[C@@H](C)O)c(OC)n4)c3Cl)c2Cl)cnc1CCC[C@@H]1CCC(=O)N1. The molecule has 0 saturated carbocycles. The second kappa shape index (κ2) is 15.0. The first-order valence-electron chi connectivity index (χ1n) is 14.8. The summed E-state index contributed by atoms with van der Waals surface area (Å²) in [6, 6.07) is 11.6. The molecule has 0 aliphatic carbocycles. The Bertz CT molecular complexity index is 1670. The zero-order valence-electron chi connectivity index (χ0n) is 25.4. The summed E-state index contributed by atoms with van der Waals surface area (Å²) in [5, 5.41) is 16.6. The van der Waals surface area contributed by atoms with Gasteiger partial charge in [0.25, 0.3) is 0 Å². The van der Waals surface area contributed by atoms with Crippen molar-refractivity contribution in [3.63, 3.8) is 0 Å². The number of aliphatic hydroxyl groups excluding tert-OH is 1. The van der Waals surface area contributed by atoms with E-state index in [1.165, 1.54) is 7.11 Å². The van der Waals surface area contributed by atoms with E-state index < -0.39 is 6.10 Å². The fourth-order valence-electron chi connectivity index (χ4n) is 5.36. The summed E-state index contributed by atoms with van der Waals surface area (Å²) in [5.41, 5.74) is 5.32. The molecule has 0 radical (unpaired) electrons. The van der Waals surface area contributed by atoms with Gasteiger partial charge in [0.05, 0.1) is 54.2 Å². The molecule has 12 heteroatoms. The lowest BCUT2D eigenvalue weighted by Gasteiger charge is -2.15. The van der Waals surface area contributed by atoms with Crippen molar-refractivity contribution < 1.29 is 19.4 Å². The van der Waals surface area contributed by atoms with Crippen LogP contribution in [0.1, 0.15) is 44.0 Å². The van der Waals surface area contributed by atoms with Gasteiger partial charge in [-0.15, -0.1) is 0 Å². The van der Waals surface area contributed by atoms with Crippen molar-refractivity contribution in [2.75, 3.05) is 20.8 Å². The Morgan fingerprint density at radius 1 is 0.933 bits per heavy atom. The molecule has 45 heavy (non-hydrogen) atoms. The summed E-state index contributed by atoms with van der Waals surface area (Å²) in [6.45, 7) is 2.52. The number of halogens is 2. The summed E-state index contributed by atoms with van der Waals surface area (Å²) in [6.07, 6.45) is 6.78. The van der Waals surface area contributed by atoms with E-state index in [9.17, 15) is 9.90 Å². The van der Waals surface area contributed by atoms with Gasteiger partial charge < -0.3 is 25.2 Å². The molecule has 1 amide bonds. The highest BCUT2D eigenvalue weighted by molar-refractivity contribution is 6.39. The smallest absolute Gasteiger partial charge is 0.237 e. The maximum atomic E-state index is 11.5. The van der Waals surface area contributed by atoms with Crippen LogP contribution in [-0.4, -0.2) is 63.9 Å². The molecule has 236 valence electrons. The zero-order valence-corrected chi connectivity index (χ0v) is 27.0. The van der Waals surface area contributed by atoms with Crippen molar-refractivity contribution in [3.8, 4) is 45.4 Å². The first kappa shape index (κ1) is 32.6. The van der Waals surface area contributed by atoms with Crippen molar-refractivity contribution in [2.45, 2.75) is 57.7 Å². The van der Waals surface area contributed by atoms with Gasteiger partial charge >= 0.3 is 0 Å². The fourth-order valence-corrected chi connectivity index (χ4v) is 6.01. The van der Waals surface area contributed by atoms with Gasteiger partial charge in [-0.2, -0.15) is 0 Å². The number of benzene rings is 2. The Labute approximate surface area is 272 Å².